The molecule has 31 heavy (non-hydrogen) atoms. The first-order valence-electron chi connectivity index (χ1n) is 9.62. The van der Waals surface area contributed by atoms with Gasteiger partial charge in [-0.05, 0) is 67.9 Å². The highest BCUT2D eigenvalue weighted by Gasteiger charge is 2.18. The lowest BCUT2D eigenvalue weighted by Crippen LogP contribution is -2.36. The van der Waals surface area contributed by atoms with E-state index in [2.05, 4.69) is 10.0 Å². The maximum absolute atomic E-state index is 13.0. The smallest absolute Gasteiger partial charge is 0.261 e. The van der Waals surface area contributed by atoms with E-state index in [1.54, 1.807) is 6.92 Å². The van der Waals surface area contributed by atoms with Gasteiger partial charge in [0.2, 0.25) is 0 Å². The number of ether oxygens (including phenoxy) is 1. The average molecular weight is 443 g/mol. The second-order valence-corrected chi connectivity index (χ2v) is 8.77. The summed E-state index contributed by atoms with van der Waals surface area (Å²) in [5, 5.41) is 2.80. The molecule has 3 aromatic rings. The molecule has 0 aliphatic heterocycles. The molecule has 1 amide bonds. The summed E-state index contributed by atoms with van der Waals surface area (Å²) in [7, 11) is -3.94. The molecule has 0 aromatic heterocycles. The second kappa shape index (κ2) is 9.61. The number of carbonyl (C=O) groups excluding carboxylic acids is 1. The van der Waals surface area contributed by atoms with Gasteiger partial charge in [0.1, 0.15) is 18.2 Å². The van der Waals surface area contributed by atoms with Gasteiger partial charge in [-0.25, -0.2) is 12.8 Å². The number of anilines is 1. The van der Waals surface area contributed by atoms with Gasteiger partial charge in [0.05, 0.1) is 10.9 Å². The van der Waals surface area contributed by atoms with E-state index in [0.717, 1.165) is 23.4 Å². The quantitative estimate of drug-likeness (QED) is 0.549. The van der Waals surface area contributed by atoms with Crippen LogP contribution in [0.4, 0.5) is 10.1 Å². The first-order chi connectivity index (χ1) is 14.7. The van der Waals surface area contributed by atoms with E-state index in [1.807, 2.05) is 31.2 Å². The molecule has 0 aliphatic carbocycles. The summed E-state index contributed by atoms with van der Waals surface area (Å²) in [5.41, 5.74) is 1.41. The van der Waals surface area contributed by atoms with Crippen molar-refractivity contribution in [2.45, 2.75) is 24.8 Å². The molecule has 0 spiro atoms. The van der Waals surface area contributed by atoms with E-state index in [1.165, 1.54) is 36.4 Å². The molecule has 6 nitrogen and oxygen atoms in total. The van der Waals surface area contributed by atoms with Crippen LogP contribution >= 0.6 is 0 Å². The number of benzene rings is 3. The summed E-state index contributed by atoms with van der Waals surface area (Å²) in [4.78, 5) is 12.5. The van der Waals surface area contributed by atoms with Gasteiger partial charge < -0.3 is 10.1 Å². The van der Waals surface area contributed by atoms with Crippen molar-refractivity contribution in [2.24, 2.45) is 0 Å². The zero-order valence-electron chi connectivity index (χ0n) is 17.1. The molecule has 8 heteroatoms. The zero-order chi connectivity index (χ0) is 22.4. The molecule has 0 unspecified atom stereocenters. The number of sulfonamides is 1. The number of carbonyl (C=O) groups is 1. The van der Waals surface area contributed by atoms with Crippen LogP contribution in [-0.4, -0.2) is 27.0 Å². The summed E-state index contributed by atoms with van der Waals surface area (Å²) >= 11 is 0. The fourth-order valence-electron chi connectivity index (χ4n) is 2.82. The number of nitrogens with one attached hydrogen (secondary N) is 2. The van der Waals surface area contributed by atoms with Crippen LogP contribution in [0.1, 0.15) is 22.8 Å². The minimum absolute atomic E-state index is 0.0757. The van der Waals surface area contributed by atoms with Crippen LogP contribution in [-0.2, 0) is 10.0 Å². The lowest BCUT2D eigenvalue weighted by Gasteiger charge is -2.16. The third kappa shape index (κ3) is 6.05. The number of aryl methyl sites for hydroxylation is 1. The first kappa shape index (κ1) is 22.3. The fourth-order valence-corrected chi connectivity index (χ4v) is 3.92. The van der Waals surface area contributed by atoms with Crippen LogP contribution in [0.15, 0.2) is 77.7 Å². The number of para-hydroxylation sites is 1. The Morgan fingerprint density at radius 1 is 1.03 bits per heavy atom. The van der Waals surface area contributed by atoms with Crippen molar-refractivity contribution >= 4 is 21.6 Å². The topological polar surface area (TPSA) is 84.5 Å². The third-order valence-corrected chi connectivity index (χ3v) is 5.84. The van der Waals surface area contributed by atoms with E-state index >= 15 is 0 Å². The molecule has 0 radical (unpaired) electrons. The van der Waals surface area contributed by atoms with Crippen molar-refractivity contribution in [3.63, 3.8) is 0 Å². The molecule has 0 saturated heterocycles. The van der Waals surface area contributed by atoms with Gasteiger partial charge in [0.25, 0.3) is 15.9 Å². The number of halogens is 1. The SMILES string of the molecule is Cc1ccccc1OC[C@H](C)NC(=O)c1cccc(S(=O)(=O)Nc2ccc(F)cc2)c1. The maximum Gasteiger partial charge on any atom is 0.261 e. The van der Waals surface area contributed by atoms with Gasteiger partial charge in [-0.1, -0.05) is 24.3 Å². The molecule has 0 aliphatic rings. The molecule has 2 N–H and O–H groups in total. The highest BCUT2D eigenvalue weighted by atomic mass is 32.2. The third-order valence-electron chi connectivity index (χ3n) is 4.46. The Labute approximate surface area is 181 Å². The Balaban J connectivity index is 1.65. The molecule has 0 heterocycles. The van der Waals surface area contributed by atoms with E-state index < -0.39 is 21.7 Å². The van der Waals surface area contributed by atoms with Gasteiger partial charge in [0.15, 0.2) is 0 Å². The lowest BCUT2D eigenvalue weighted by atomic mass is 10.2. The van der Waals surface area contributed by atoms with E-state index in [-0.39, 0.29) is 28.8 Å². The zero-order valence-corrected chi connectivity index (χ0v) is 17.9. The summed E-state index contributed by atoms with van der Waals surface area (Å²) in [6.45, 7) is 4.00. The largest absolute Gasteiger partial charge is 0.491 e. The van der Waals surface area contributed by atoms with Crippen molar-refractivity contribution in [3.8, 4) is 5.75 Å². The summed E-state index contributed by atoms with van der Waals surface area (Å²) < 4.78 is 46.4. The van der Waals surface area contributed by atoms with Gasteiger partial charge in [-0.2, -0.15) is 0 Å². The van der Waals surface area contributed by atoms with Crippen molar-refractivity contribution in [1.82, 2.24) is 5.32 Å². The minimum Gasteiger partial charge on any atom is -0.491 e. The minimum atomic E-state index is -3.94. The van der Waals surface area contributed by atoms with Crippen LogP contribution in [0.3, 0.4) is 0 Å². The predicted octanol–water partition coefficient (Wildman–Crippen LogP) is 4.13. The second-order valence-electron chi connectivity index (χ2n) is 7.09. The van der Waals surface area contributed by atoms with Gasteiger partial charge in [0, 0.05) is 11.3 Å². The van der Waals surface area contributed by atoms with Gasteiger partial charge in [-0.3, -0.25) is 9.52 Å². The van der Waals surface area contributed by atoms with Crippen molar-refractivity contribution in [1.29, 1.82) is 0 Å². The van der Waals surface area contributed by atoms with Crippen LogP contribution in [0.5, 0.6) is 5.75 Å². The highest BCUT2D eigenvalue weighted by Crippen LogP contribution is 2.18. The molecule has 0 saturated carbocycles. The van der Waals surface area contributed by atoms with Crippen molar-refractivity contribution in [3.05, 3.63) is 89.7 Å². The Morgan fingerprint density at radius 2 is 1.74 bits per heavy atom. The molecular formula is C23H23FN2O4S. The fraction of sp³-hybridized carbons (Fsp3) is 0.174. The van der Waals surface area contributed by atoms with Crippen LogP contribution in [0.25, 0.3) is 0 Å². The Bertz CT molecular complexity index is 1160. The van der Waals surface area contributed by atoms with Crippen LogP contribution in [0.2, 0.25) is 0 Å². The van der Waals surface area contributed by atoms with Gasteiger partial charge in [-0.15, -0.1) is 0 Å². The van der Waals surface area contributed by atoms with Gasteiger partial charge >= 0.3 is 0 Å². The Morgan fingerprint density at radius 3 is 2.45 bits per heavy atom. The molecule has 162 valence electrons. The Hall–Kier alpha value is -3.39. The predicted molar refractivity (Wildman–Crippen MR) is 117 cm³/mol. The van der Waals surface area contributed by atoms with Crippen molar-refractivity contribution in [2.75, 3.05) is 11.3 Å². The van der Waals surface area contributed by atoms with Crippen molar-refractivity contribution < 1.29 is 22.3 Å². The lowest BCUT2D eigenvalue weighted by molar-refractivity contribution is 0.0926. The maximum atomic E-state index is 13.0. The molecule has 3 aromatic carbocycles. The monoisotopic (exact) mass is 442 g/mol. The molecular weight excluding hydrogens is 419 g/mol. The summed E-state index contributed by atoms with van der Waals surface area (Å²) in [6.07, 6.45) is 0. The van der Waals surface area contributed by atoms with E-state index in [9.17, 15) is 17.6 Å². The summed E-state index contributed by atoms with van der Waals surface area (Å²) in [6, 6.07) is 17.9. The van der Waals surface area contributed by atoms with E-state index in [4.69, 9.17) is 4.74 Å². The molecule has 0 bridgehead atoms. The standard InChI is InChI=1S/C23H23FN2O4S/c1-16-6-3-4-9-22(16)30-15-17(2)25-23(27)18-7-5-8-21(14-18)31(28,29)26-20-12-10-19(24)11-13-20/h3-14,17,26H,15H2,1-2H3,(H,25,27)/t17-/m0/s1. The number of rotatable bonds is 8. The van der Waals surface area contributed by atoms with E-state index in [0.29, 0.717) is 0 Å². The average Bonchev–Trinajstić information content (AvgIpc) is 2.75. The van der Waals surface area contributed by atoms with Crippen LogP contribution in [0, 0.1) is 12.7 Å². The molecule has 3 rings (SSSR count). The van der Waals surface area contributed by atoms with Crippen LogP contribution < -0.4 is 14.8 Å². The Kier molecular flexibility index (Phi) is 6.91. The highest BCUT2D eigenvalue weighted by molar-refractivity contribution is 7.92. The first-order valence-corrected chi connectivity index (χ1v) is 11.1. The number of hydrogen-bond donors (Lipinski definition) is 2. The molecule has 0 fully saturated rings. The normalized spacial score (nSPS) is 12.1. The summed E-state index contributed by atoms with van der Waals surface area (Å²) in [5.74, 6) is -0.148. The number of hydrogen-bond acceptors (Lipinski definition) is 4. The number of amides is 1. The molecule has 1 atom stereocenters.